The van der Waals surface area contributed by atoms with Gasteiger partial charge in [-0.1, -0.05) is 25.6 Å². The van der Waals surface area contributed by atoms with Crippen LogP contribution in [0.25, 0.3) is 11.4 Å². The Bertz CT molecular complexity index is 1280. The maximum absolute atomic E-state index is 13.6. The monoisotopic (exact) mass is 539 g/mol. The zero-order valence-electron chi connectivity index (χ0n) is 24.1. The van der Waals surface area contributed by atoms with Crippen LogP contribution < -0.4 is 15.6 Å². The topological polar surface area (TPSA) is 98.6 Å². The van der Waals surface area contributed by atoms with Gasteiger partial charge in [-0.15, -0.1) is 15.7 Å². The van der Waals surface area contributed by atoms with Gasteiger partial charge in [-0.3, -0.25) is 9.36 Å². The summed E-state index contributed by atoms with van der Waals surface area (Å²) in [5.74, 6) is 4.41. The highest BCUT2D eigenvalue weighted by Gasteiger charge is 2.29. The van der Waals surface area contributed by atoms with Crippen molar-refractivity contribution in [3.8, 4) is 28.6 Å². The van der Waals surface area contributed by atoms with E-state index in [1.807, 2.05) is 52.8 Å². The van der Waals surface area contributed by atoms with Crippen molar-refractivity contribution in [3.05, 3.63) is 34.1 Å². The van der Waals surface area contributed by atoms with E-state index >= 15 is 0 Å². The molecule has 206 valence electrons. The molecule has 1 saturated heterocycles. The fraction of sp³-hybridized carbons (Fsp3) is 0.571. The molecular weight excluding hydrogens is 498 g/mol. The summed E-state index contributed by atoms with van der Waals surface area (Å²) in [6.45, 7) is 17.0. The molecular formula is C28H41N5O4Si. The molecule has 0 aliphatic carbocycles. The number of piperidine rings is 1. The lowest BCUT2D eigenvalue weighted by Gasteiger charge is -2.34. The largest absolute Gasteiger partial charge is 0.496 e. The zero-order chi connectivity index (χ0) is 28.3. The number of ether oxygens (including phenoxy) is 2. The number of aromatic nitrogens is 3. The van der Waals surface area contributed by atoms with Crippen molar-refractivity contribution >= 4 is 20.0 Å². The smallest absolute Gasteiger partial charge is 0.410 e. The first-order valence-electron chi connectivity index (χ1n) is 13.1. The molecule has 2 aromatic rings. The second-order valence-electron chi connectivity index (χ2n) is 12.0. The molecule has 1 N–H and O–H groups in total. The van der Waals surface area contributed by atoms with Crippen LogP contribution in [0.4, 0.5) is 10.6 Å². The molecule has 0 saturated carbocycles. The number of nitrogens with zero attached hydrogens (tertiary/aromatic N) is 4. The maximum Gasteiger partial charge on any atom is 0.410 e. The van der Waals surface area contributed by atoms with Gasteiger partial charge in [0.1, 0.15) is 19.4 Å². The van der Waals surface area contributed by atoms with Crippen LogP contribution in [-0.4, -0.2) is 65.7 Å². The number of likely N-dealkylation sites (tertiary alicyclic amines) is 1. The summed E-state index contributed by atoms with van der Waals surface area (Å²) in [4.78, 5) is 27.8. The summed E-state index contributed by atoms with van der Waals surface area (Å²) < 4.78 is 12.8. The summed E-state index contributed by atoms with van der Waals surface area (Å²) in [6.07, 6.45) is 1.25. The third kappa shape index (κ3) is 7.60. The Morgan fingerprint density at radius 2 is 1.92 bits per heavy atom. The number of hydrogen-bond acceptors (Lipinski definition) is 7. The van der Waals surface area contributed by atoms with Crippen LogP contribution in [0.5, 0.6) is 5.75 Å². The minimum Gasteiger partial charge on any atom is -0.496 e. The summed E-state index contributed by atoms with van der Waals surface area (Å²) in [6, 6.07) is 5.36. The molecule has 38 heavy (non-hydrogen) atoms. The van der Waals surface area contributed by atoms with Crippen LogP contribution >= 0.6 is 0 Å². The Morgan fingerprint density at radius 3 is 2.53 bits per heavy atom. The number of amides is 1. The molecule has 0 unspecified atom stereocenters. The molecule has 0 spiro atoms. The van der Waals surface area contributed by atoms with E-state index in [4.69, 9.17) is 9.47 Å². The second-order valence-corrected chi connectivity index (χ2v) is 16.7. The van der Waals surface area contributed by atoms with Gasteiger partial charge in [0.2, 0.25) is 5.82 Å². The Hall–Kier alpha value is -3.32. The molecule has 0 radical (unpaired) electrons. The van der Waals surface area contributed by atoms with Crippen molar-refractivity contribution in [1.29, 1.82) is 0 Å². The molecule has 0 bridgehead atoms. The molecule has 2 heterocycles. The highest BCUT2D eigenvalue weighted by molar-refractivity contribution is 6.83. The van der Waals surface area contributed by atoms with Crippen molar-refractivity contribution in [2.45, 2.75) is 84.8 Å². The molecule has 1 fully saturated rings. The fourth-order valence-corrected chi connectivity index (χ4v) is 4.67. The predicted octanol–water partition coefficient (Wildman–Crippen LogP) is 4.94. The van der Waals surface area contributed by atoms with Gasteiger partial charge in [-0.2, -0.15) is 0 Å². The Balaban J connectivity index is 1.91. The van der Waals surface area contributed by atoms with E-state index in [1.165, 1.54) is 0 Å². The molecule has 1 atom stereocenters. The van der Waals surface area contributed by atoms with Gasteiger partial charge >= 0.3 is 6.09 Å². The third-order valence-corrected chi connectivity index (χ3v) is 6.72. The Kier molecular flexibility index (Phi) is 8.92. The normalized spacial score (nSPS) is 16.1. The minimum atomic E-state index is -1.53. The lowest BCUT2D eigenvalue weighted by molar-refractivity contribution is 0.0206. The Morgan fingerprint density at radius 1 is 1.21 bits per heavy atom. The molecule has 10 heteroatoms. The average Bonchev–Trinajstić information content (AvgIpc) is 2.82. The first-order chi connectivity index (χ1) is 17.7. The number of anilines is 1. The summed E-state index contributed by atoms with van der Waals surface area (Å²) in [7, 11) is 0.0642. The van der Waals surface area contributed by atoms with Crippen LogP contribution in [0.2, 0.25) is 19.6 Å². The van der Waals surface area contributed by atoms with Gasteiger partial charge in [0, 0.05) is 30.7 Å². The minimum absolute atomic E-state index is 0.136. The first-order valence-corrected chi connectivity index (χ1v) is 16.6. The number of hydrogen-bond donors (Lipinski definition) is 1. The SMILES string of the molecule is COc1cc(C#C[Si](C)(C)C)ccc1-c1nnc(N[C@@H]2CCCN(C(=O)OC(C)(C)C)C2)c(=O)n1C(C)C. The third-order valence-electron chi connectivity index (χ3n) is 5.85. The van der Waals surface area contributed by atoms with E-state index in [-0.39, 0.29) is 29.6 Å². The lowest BCUT2D eigenvalue weighted by atomic mass is 10.1. The van der Waals surface area contributed by atoms with E-state index in [2.05, 4.69) is 46.6 Å². The molecule has 1 amide bonds. The number of nitrogens with one attached hydrogen (secondary N) is 1. The van der Waals surface area contributed by atoms with Crippen LogP contribution in [0, 0.1) is 11.5 Å². The van der Waals surface area contributed by atoms with E-state index in [9.17, 15) is 9.59 Å². The second kappa shape index (κ2) is 11.6. The summed E-state index contributed by atoms with van der Waals surface area (Å²) >= 11 is 0. The number of methoxy groups -OCH3 is 1. The van der Waals surface area contributed by atoms with E-state index in [0.29, 0.717) is 30.2 Å². The van der Waals surface area contributed by atoms with Gasteiger partial charge in [-0.25, -0.2) is 4.79 Å². The number of benzene rings is 1. The fourth-order valence-electron chi connectivity index (χ4n) is 4.15. The Labute approximate surface area is 226 Å². The van der Waals surface area contributed by atoms with Gasteiger partial charge in [0.05, 0.1) is 12.7 Å². The predicted molar refractivity (Wildman–Crippen MR) is 153 cm³/mol. The van der Waals surface area contributed by atoms with Gasteiger partial charge in [-0.05, 0) is 65.7 Å². The molecule has 9 nitrogen and oxygen atoms in total. The zero-order valence-corrected chi connectivity index (χ0v) is 25.1. The number of carbonyl (C=O) groups is 1. The standard InChI is InChI=1S/C28H41N5O4Si/c1-19(2)33-25(22-13-12-20(17-23(22)36-6)14-16-38(7,8)9)31-30-24(26(33)34)29-21-11-10-15-32(18-21)27(35)37-28(3,4)5/h12-13,17,19,21H,10-11,15,18H2,1-9H3,(H,29,30)/t21-/m1/s1. The molecule has 1 aliphatic heterocycles. The summed E-state index contributed by atoms with van der Waals surface area (Å²) in [5.41, 5.74) is 4.05. The summed E-state index contributed by atoms with van der Waals surface area (Å²) in [5, 5.41) is 12.0. The number of carbonyl (C=O) groups excluding carboxylic acids is 1. The highest BCUT2D eigenvalue weighted by Crippen LogP contribution is 2.30. The maximum atomic E-state index is 13.6. The molecule has 1 aromatic heterocycles. The van der Waals surface area contributed by atoms with Crippen molar-refractivity contribution in [1.82, 2.24) is 19.7 Å². The van der Waals surface area contributed by atoms with Crippen molar-refractivity contribution in [2.75, 3.05) is 25.5 Å². The van der Waals surface area contributed by atoms with E-state index in [1.54, 1.807) is 16.6 Å². The first kappa shape index (κ1) is 29.2. The van der Waals surface area contributed by atoms with Crippen LogP contribution in [0.1, 0.15) is 59.1 Å². The van der Waals surface area contributed by atoms with Crippen LogP contribution in [0.15, 0.2) is 23.0 Å². The highest BCUT2D eigenvalue weighted by atomic mass is 28.3. The van der Waals surface area contributed by atoms with E-state index in [0.717, 1.165) is 18.4 Å². The van der Waals surface area contributed by atoms with E-state index < -0.39 is 13.7 Å². The lowest BCUT2D eigenvalue weighted by Crippen LogP contribution is -2.47. The van der Waals surface area contributed by atoms with Gasteiger partial charge in [0.15, 0.2) is 5.82 Å². The molecule has 3 rings (SSSR count). The van der Waals surface area contributed by atoms with Crippen molar-refractivity contribution in [2.24, 2.45) is 0 Å². The van der Waals surface area contributed by atoms with Crippen molar-refractivity contribution in [3.63, 3.8) is 0 Å². The molecule has 1 aromatic carbocycles. The van der Waals surface area contributed by atoms with Gasteiger partial charge < -0.3 is 19.7 Å². The molecule has 1 aliphatic rings. The van der Waals surface area contributed by atoms with Crippen LogP contribution in [-0.2, 0) is 4.74 Å². The number of rotatable bonds is 5. The average molecular weight is 540 g/mol. The van der Waals surface area contributed by atoms with Gasteiger partial charge in [0.25, 0.3) is 5.56 Å². The quantitative estimate of drug-likeness (QED) is 0.425. The van der Waals surface area contributed by atoms with Crippen molar-refractivity contribution < 1.29 is 14.3 Å². The van der Waals surface area contributed by atoms with Crippen LogP contribution in [0.3, 0.4) is 0 Å².